The molecule has 12 nitrogen and oxygen atoms in total. The summed E-state index contributed by atoms with van der Waals surface area (Å²) in [5, 5.41) is 20.2. The number of hydrazine groups is 1. The number of methoxy groups -OCH3 is 3. The van der Waals surface area contributed by atoms with Gasteiger partial charge in [-0.3, -0.25) is 10.1 Å². The van der Waals surface area contributed by atoms with E-state index < -0.39 is 17.1 Å². The number of benzene rings is 2. The van der Waals surface area contributed by atoms with E-state index in [1.165, 1.54) is 13.2 Å². The number of rotatable bonds is 10. The van der Waals surface area contributed by atoms with Crippen molar-refractivity contribution in [2.24, 2.45) is 15.9 Å². The molecule has 3 aromatic rings. The zero-order chi connectivity index (χ0) is 33.5. The Morgan fingerprint density at radius 1 is 1.11 bits per heavy atom. The fourth-order valence-corrected chi connectivity index (χ4v) is 6.76. The van der Waals surface area contributed by atoms with Gasteiger partial charge in [-0.05, 0) is 58.2 Å². The van der Waals surface area contributed by atoms with Crippen LogP contribution in [0.15, 0.2) is 52.7 Å². The predicted molar refractivity (Wildman–Crippen MR) is 180 cm³/mol. The van der Waals surface area contributed by atoms with Crippen molar-refractivity contribution in [1.82, 2.24) is 20.2 Å². The van der Waals surface area contributed by atoms with Crippen LogP contribution in [0, 0.1) is 11.7 Å². The van der Waals surface area contributed by atoms with Crippen molar-refractivity contribution < 1.29 is 23.7 Å². The smallest absolute Gasteiger partial charge is 0.220 e. The summed E-state index contributed by atoms with van der Waals surface area (Å²) in [5.41, 5.74) is 4.97. The number of hydrogen-bond donors (Lipinski definition) is 3. The monoisotopic (exact) mass is 648 g/mol. The molecule has 0 amide bonds. The second kappa shape index (κ2) is 12.6. The fourth-order valence-electron chi connectivity index (χ4n) is 6.76. The molecule has 47 heavy (non-hydrogen) atoms. The number of halogens is 1. The summed E-state index contributed by atoms with van der Waals surface area (Å²) >= 11 is 0. The number of hydrogen-bond acceptors (Lipinski definition) is 9. The summed E-state index contributed by atoms with van der Waals surface area (Å²) in [4.78, 5) is 12.7. The number of fused-ring (bicyclic) bond motifs is 3. The van der Waals surface area contributed by atoms with Gasteiger partial charge in [0.15, 0.2) is 17.2 Å². The molecule has 3 aliphatic heterocycles. The molecule has 2 aromatic carbocycles. The van der Waals surface area contributed by atoms with Crippen LogP contribution in [-0.2, 0) is 18.8 Å². The average molecular weight is 649 g/mol. The summed E-state index contributed by atoms with van der Waals surface area (Å²) in [6.07, 6.45) is 6.80. The molecule has 4 heterocycles. The Balaban J connectivity index is 1.33. The number of ether oxygens (including phenoxy) is 3. The Kier molecular flexibility index (Phi) is 8.68. The molecule has 1 aromatic heterocycles. The van der Waals surface area contributed by atoms with Gasteiger partial charge in [0.2, 0.25) is 5.96 Å². The first-order valence-corrected chi connectivity index (χ1v) is 16.0. The van der Waals surface area contributed by atoms with Gasteiger partial charge in [0, 0.05) is 48.0 Å². The normalized spacial score (nSPS) is 23.1. The number of nitrogens with one attached hydrogen (secondary N) is 2. The van der Waals surface area contributed by atoms with Crippen molar-refractivity contribution in [1.29, 1.82) is 0 Å². The highest BCUT2D eigenvalue weighted by molar-refractivity contribution is 6.01. The van der Waals surface area contributed by atoms with Crippen LogP contribution in [0.2, 0.25) is 0 Å². The molecule has 6 rings (SSSR count). The molecule has 13 heteroatoms. The number of piperidine rings is 1. The van der Waals surface area contributed by atoms with E-state index in [1.54, 1.807) is 38.8 Å². The Labute approximate surface area is 275 Å². The van der Waals surface area contributed by atoms with Gasteiger partial charge >= 0.3 is 0 Å². The van der Waals surface area contributed by atoms with E-state index in [-0.39, 0.29) is 11.7 Å². The minimum Gasteiger partial charge on any atom is -0.497 e. The molecule has 0 saturated carbocycles. The lowest BCUT2D eigenvalue weighted by Gasteiger charge is -2.41. The lowest BCUT2D eigenvalue weighted by atomic mass is 9.90. The minimum atomic E-state index is -0.976. The molecule has 3 aliphatic rings. The van der Waals surface area contributed by atoms with E-state index in [0.29, 0.717) is 47.8 Å². The third kappa shape index (κ3) is 6.28. The molecule has 0 spiro atoms. The third-order valence-corrected chi connectivity index (χ3v) is 9.22. The van der Waals surface area contributed by atoms with Gasteiger partial charge in [-0.25, -0.2) is 19.4 Å². The number of guanidine groups is 1. The standard InChI is InChI=1S/C34H45FN8O4/c1-8-23-11-9-22(18-42(23)24-17-37-41(19-24)20-33(2,3)44)31-39-34(4)26-14-27(35)30(47-7)15-28(26)38-32(43(34)40-31)36-16-21-10-12-25(45-5)13-29(21)46-6/h10,12-15,17,19,22-23,44H,8-9,11,16,18,20H2,1-7H3,(H,36,38)(H,39,40). The summed E-state index contributed by atoms with van der Waals surface area (Å²) < 4.78 is 33.3. The molecule has 3 N–H and O–H groups in total. The SMILES string of the molecule is CCC1CCC(C2=NC3(C)c4cc(F)c(OC)cc4NC(=NCc4ccc(OC)cc4OC)N3N2)CN1c1cnn(CC(C)(C)O)c1. The van der Waals surface area contributed by atoms with Crippen molar-refractivity contribution in [2.45, 2.75) is 77.4 Å². The van der Waals surface area contributed by atoms with Crippen LogP contribution in [0.4, 0.5) is 15.8 Å². The van der Waals surface area contributed by atoms with E-state index in [4.69, 9.17) is 24.2 Å². The summed E-state index contributed by atoms with van der Waals surface area (Å²) in [7, 11) is 4.69. The third-order valence-electron chi connectivity index (χ3n) is 9.22. The topological polar surface area (TPSA) is 121 Å². The second-order valence-electron chi connectivity index (χ2n) is 13.1. The van der Waals surface area contributed by atoms with Crippen LogP contribution in [0.5, 0.6) is 17.2 Å². The first-order valence-electron chi connectivity index (χ1n) is 16.0. The Morgan fingerprint density at radius 3 is 2.60 bits per heavy atom. The largest absolute Gasteiger partial charge is 0.497 e. The number of aliphatic imine (C=N–C) groups is 2. The number of nitrogens with zero attached hydrogens (tertiary/aromatic N) is 6. The van der Waals surface area contributed by atoms with Gasteiger partial charge in [-0.1, -0.05) is 6.92 Å². The van der Waals surface area contributed by atoms with Crippen LogP contribution in [0.1, 0.15) is 58.1 Å². The zero-order valence-corrected chi connectivity index (χ0v) is 28.2. The Morgan fingerprint density at radius 2 is 1.89 bits per heavy atom. The van der Waals surface area contributed by atoms with E-state index in [2.05, 4.69) is 27.7 Å². The molecular weight excluding hydrogens is 603 g/mol. The van der Waals surface area contributed by atoms with E-state index in [1.807, 2.05) is 42.5 Å². The predicted octanol–water partition coefficient (Wildman–Crippen LogP) is 4.89. The minimum absolute atomic E-state index is 0.0762. The lowest BCUT2D eigenvalue weighted by Crippen LogP contribution is -2.57. The zero-order valence-electron chi connectivity index (χ0n) is 28.2. The van der Waals surface area contributed by atoms with Gasteiger partial charge in [-0.15, -0.1) is 0 Å². The summed E-state index contributed by atoms with van der Waals surface area (Å²) in [6.45, 7) is 9.18. The maximum atomic E-state index is 15.2. The number of amidine groups is 1. The van der Waals surface area contributed by atoms with Crippen LogP contribution >= 0.6 is 0 Å². The highest BCUT2D eigenvalue weighted by atomic mass is 19.1. The molecule has 1 saturated heterocycles. The number of aliphatic hydroxyl groups is 1. The molecule has 3 atom stereocenters. The number of aromatic nitrogens is 2. The molecule has 1 fully saturated rings. The van der Waals surface area contributed by atoms with Gasteiger partial charge in [0.25, 0.3) is 0 Å². The molecular formula is C34H45FN8O4. The van der Waals surface area contributed by atoms with Crippen molar-refractivity contribution in [3.63, 3.8) is 0 Å². The van der Waals surface area contributed by atoms with Gasteiger partial charge < -0.3 is 29.5 Å². The highest BCUT2D eigenvalue weighted by Crippen LogP contribution is 2.44. The molecule has 252 valence electrons. The van der Waals surface area contributed by atoms with E-state index in [0.717, 1.165) is 42.9 Å². The molecule has 0 aliphatic carbocycles. The average Bonchev–Trinajstić information content (AvgIpc) is 3.67. The van der Waals surface area contributed by atoms with Gasteiger partial charge in [0.1, 0.15) is 17.3 Å². The fraction of sp³-hybridized carbons (Fsp3) is 0.500. The maximum absolute atomic E-state index is 15.2. The quantitative estimate of drug-likeness (QED) is 0.282. The molecule has 3 unspecified atom stereocenters. The van der Waals surface area contributed by atoms with Crippen molar-refractivity contribution in [3.8, 4) is 17.2 Å². The lowest BCUT2D eigenvalue weighted by molar-refractivity contribution is 0.0577. The Hall–Kier alpha value is -4.52. The molecule has 0 radical (unpaired) electrons. The van der Waals surface area contributed by atoms with Crippen LogP contribution < -0.4 is 29.9 Å². The van der Waals surface area contributed by atoms with Crippen LogP contribution in [0.25, 0.3) is 0 Å². The van der Waals surface area contributed by atoms with Crippen LogP contribution in [0.3, 0.4) is 0 Å². The number of anilines is 2. The van der Waals surface area contributed by atoms with Crippen molar-refractivity contribution >= 4 is 23.2 Å². The summed E-state index contributed by atoms with van der Waals surface area (Å²) in [5.74, 6) is 2.47. The second-order valence-corrected chi connectivity index (χ2v) is 13.1. The molecule has 0 bridgehead atoms. The van der Waals surface area contributed by atoms with Gasteiger partial charge in [0.05, 0.1) is 57.6 Å². The van der Waals surface area contributed by atoms with Crippen molar-refractivity contribution in [3.05, 3.63) is 59.7 Å². The van der Waals surface area contributed by atoms with E-state index in [9.17, 15) is 5.11 Å². The van der Waals surface area contributed by atoms with Crippen LogP contribution in [-0.4, -0.2) is 71.2 Å². The van der Waals surface area contributed by atoms with Crippen molar-refractivity contribution in [2.75, 3.05) is 38.1 Å². The Bertz CT molecular complexity index is 1680. The van der Waals surface area contributed by atoms with Gasteiger partial charge in [-0.2, -0.15) is 5.10 Å². The van der Waals surface area contributed by atoms with E-state index >= 15 is 4.39 Å². The highest BCUT2D eigenvalue weighted by Gasteiger charge is 2.49. The first-order chi connectivity index (χ1) is 22.5. The summed E-state index contributed by atoms with van der Waals surface area (Å²) in [6, 6.07) is 9.14. The maximum Gasteiger partial charge on any atom is 0.220 e. The first kappa shape index (κ1) is 32.4.